The van der Waals surface area contributed by atoms with Crippen LogP contribution in [0.3, 0.4) is 0 Å². The molecule has 6 heteroatoms. The molecule has 0 aliphatic rings. The van der Waals surface area contributed by atoms with Crippen molar-refractivity contribution in [1.29, 1.82) is 0 Å². The first-order valence-corrected chi connectivity index (χ1v) is 5.21. The van der Waals surface area contributed by atoms with Gasteiger partial charge in [-0.3, -0.25) is 14.9 Å². The lowest BCUT2D eigenvalue weighted by Gasteiger charge is -1.99. The summed E-state index contributed by atoms with van der Waals surface area (Å²) in [6, 6.07) is 5.50. The van der Waals surface area contributed by atoms with Crippen molar-refractivity contribution in [1.82, 2.24) is 5.43 Å². The Bertz CT molecular complexity index is 443. The molecule has 17 heavy (non-hydrogen) atoms. The lowest BCUT2D eigenvalue weighted by molar-refractivity contribution is -0.384. The van der Waals surface area contributed by atoms with Crippen LogP contribution in [-0.2, 0) is 0 Å². The Morgan fingerprint density at radius 1 is 1.59 bits per heavy atom. The van der Waals surface area contributed by atoms with E-state index in [1.54, 1.807) is 6.21 Å². The molecule has 1 amide bonds. The second kappa shape index (κ2) is 6.37. The molecule has 0 radical (unpaired) electrons. The van der Waals surface area contributed by atoms with Gasteiger partial charge in [0.25, 0.3) is 11.6 Å². The highest BCUT2D eigenvalue weighted by Crippen LogP contribution is 2.12. The fourth-order valence-electron chi connectivity index (χ4n) is 1.12. The van der Waals surface area contributed by atoms with Crippen molar-refractivity contribution in [3.8, 4) is 0 Å². The van der Waals surface area contributed by atoms with Crippen molar-refractivity contribution in [2.24, 2.45) is 5.10 Å². The topological polar surface area (TPSA) is 84.6 Å². The molecule has 0 unspecified atom stereocenters. The molecule has 0 bridgehead atoms. The van der Waals surface area contributed by atoms with E-state index in [-0.39, 0.29) is 11.3 Å². The summed E-state index contributed by atoms with van der Waals surface area (Å²) in [6.07, 6.45) is 3.31. The maximum atomic E-state index is 11.5. The summed E-state index contributed by atoms with van der Waals surface area (Å²) in [5.41, 5.74) is 2.41. The summed E-state index contributed by atoms with van der Waals surface area (Å²) in [5.74, 6) is -0.457. The van der Waals surface area contributed by atoms with E-state index in [9.17, 15) is 14.9 Å². The molecule has 1 N–H and O–H groups in total. The summed E-state index contributed by atoms with van der Waals surface area (Å²) in [5, 5.41) is 14.2. The van der Waals surface area contributed by atoms with Crippen LogP contribution in [0.2, 0.25) is 0 Å². The third-order valence-electron chi connectivity index (χ3n) is 1.99. The lowest BCUT2D eigenvalue weighted by atomic mass is 10.2. The number of nitro groups is 1. The van der Waals surface area contributed by atoms with Crippen molar-refractivity contribution in [3.05, 3.63) is 39.9 Å². The van der Waals surface area contributed by atoms with Crippen LogP contribution in [0.4, 0.5) is 5.69 Å². The van der Waals surface area contributed by atoms with Gasteiger partial charge in [0.15, 0.2) is 0 Å². The molecule has 1 rings (SSSR count). The number of unbranched alkanes of at least 4 members (excludes halogenated alkanes) is 1. The van der Waals surface area contributed by atoms with Gasteiger partial charge in [-0.15, -0.1) is 0 Å². The predicted octanol–water partition coefficient (Wildman–Crippen LogP) is 2.11. The molecule has 0 saturated heterocycles. The zero-order chi connectivity index (χ0) is 12.7. The number of nitrogens with zero attached hydrogens (tertiary/aromatic N) is 2. The molecular formula is C11H13N3O3. The number of hydrogen-bond donors (Lipinski definition) is 1. The molecule has 0 atom stereocenters. The lowest BCUT2D eigenvalue weighted by Crippen LogP contribution is -2.17. The Morgan fingerprint density at radius 3 is 3.00 bits per heavy atom. The fourth-order valence-corrected chi connectivity index (χ4v) is 1.12. The highest BCUT2D eigenvalue weighted by atomic mass is 16.6. The molecule has 1 aromatic carbocycles. The predicted molar refractivity (Wildman–Crippen MR) is 64.0 cm³/mol. The molecule has 6 nitrogen and oxygen atoms in total. The van der Waals surface area contributed by atoms with Gasteiger partial charge in [0.05, 0.1) is 4.92 Å². The van der Waals surface area contributed by atoms with E-state index in [1.165, 1.54) is 24.3 Å². The van der Waals surface area contributed by atoms with Crippen LogP contribution in [0.1, 0.15) is 30.1 Å². The monoisotopic (exact) mass is 235 g/mol. The number of rotatable bonds is 5. The number of hydrogen-bond acceptors (Lipinski definition) is 4. The van der Waals surface area contributed by atoms with Crippen molar-refractivity contribution in [2.45, 2.75) is 19.8 Å². The van der Waals surface area contributed by atoms with Crippen LogP contribution in [-0.4, -0.2) is 17.0 Å². The zero-order valence-corrected chi connectivity index (χ0v) is 9.42. The number of hydrazone groups is 1. The van der Waals surface area contributed by atoms with Gasteiger partial charge in [-0.2, -0.15) is 5.10 Å². The average molecular weight is 235 g/mol. The van der Waals surface area contributed by atoms with E-state index in [0.29, 0.717) is 0 Å². The second-order valence-electron chi connectivity index (χ2n) is 3.35. The molecule has 0 heterocycles. The van der Waals surface area contributed by atoms with Gasteiger partial charge in [0.2, 0.25) is 0 Å². The van der Waals surface area contributed by atoms with Crippen LogP contribution in [0.5, 0.6) is 0 Å². The van der Waals surface area contributed by atoms with Gasteiger partial charge in [-0.25, -0.2) is 5.43 Å². The Balaban J connectivity index is 2.69. The largest absolute Gasteiger partial charge is 0.271 e. The zero-order valence-electron chi connectivity index (χ0n) is 9.42. The number of non-ortho nitro benzene ring substituents is 1. The molecule has 0 aliphatic carbocycles. The third-order valence-corrected chi connectivity index (χ3v) is 1.99. The average Bonchev–Trinajstić information content (AvgIpc) is 2.34. The Hall–Kier alpha value is -2.24. The first-order chi connectivity index (χ1) is 8.15. The Labute approximate surface area is 98.5 Å². The van der Waals surface area contributed by atoms with E-state index in [0.717, 1.165) is 12.8 Å². The van der Waals surface area contributed by atoms with Crippen molar-refractivity contribution in [3.63, 3.8) is 0 Å². The molecule has 0 spiro atoms. The molecular weight excluding hydrogens is 222 g/mol. The standard InChI is InChI=1S/C11H13N3O3/c1-2-3-7-12-13-11(15)9-5-4-6-10(8-9)14(16)17/h4-8H,2-3H2,1H3,(H,13,15). The summed E-state index contributed by atoms with van der Waals surface area (Å²) < 4.78 is 0. The van der Waals surface area contributed by atoms with Gasteiger partial charge < -0.3 is 0 Å². The minimum atomic E-state index is -0.545. The van der Waals surface area contributed by atoms with Gasteiger partial charge >= 0.3 is 0 Å². The summed E-state index contributed by atoms with van der Waals surface area (Å²) in [7, 11) is 0. The molecule has 0 saturated carbocycles. The Kier molecular flexibility index (Phi) is 4.80. The molecule has 0 aromatic heterocycles. The van der Waals surface area contributed by atoms with E-state index in [1.807, 2.05) is 6.92 Å². The van der Waals surface area contributed by atoms with Crippen LogP contribution >= 0.6 is 0 Å². The number of nitrogens with one attached hydrogen (secondary N) is 1. The minimum Gasteiger partial charge on any atom is -0.267 e. The number of amides is 1. The number of carbonyl (C=O) groups is 1. The normalized spacial score (nSPS) is 10.4. The maximum absolute atomic E-state index is 11.5. The van der Waals surface area contributed by atoms with Crippen LogP contribution in [0.15, 0.2) is 29.4 Å². The first kappa shape index (κ1) is 12.8. The summed E-state index contributed by atoms with van der Waals surface area (Å²) in [4.78, 5) is 21.5. The number of carbonyl (C=O) groups excluding carboxylic acids is 1. The first-order valence-electron chi connectivity index (χ1n) is 5.21. The van der Waals surface area contributed by atoms with E-state index in [4.69, 9.17) is 0 Å². The fraction of sp³-hybridized carbons (Fsp3) is 0.273. The number of nitro benzene ring substituents is 1. The van der Waals surface area contributed by atoms with E-state index >= 15 is 0 Å². The van der Waals surface area contributed by atoms with Gasteiger partial charge in [-0.1, -0.05) is 19.4 Å². The minimum absolute atomic E-state index is 0.116. The highest BCUT2D eigenvalue weighted by molar-refractivity contribution is 5.94. The van der Waals surface area contributed by atoms with E-state index in [2.05, 4.69) is 10.5 Å². The third kappa shape index (κ3) is 4.02. The van der Waals surface area contributed by atoms with E-state index < -0.39 is 10.8 Å². The van der Waals surface area contributed by atoms with Crippen molar-refractivity contribution >= 4 is 17.8 Å². The number of benzene rings is 1. The molecule has 90 valence electrons. The maximum Gasteiger partial charge on any atom is 0.271 e. The van der Waals surface area contributed by atoms with Gasteiger partial charge in [0, 0.05) is 23.9 Å². The Morgan fingerprint density at radius 2 is 2.35 bits per heavy atom. The molecule has 0 fully saturated rings. The smallest absolute Gasteiger partial charge is 0.267 e. The SMILES string of the molecule is CCCC=NNC(=O)c1cccc([N+](=O)[O-])c1. The van der Waals surface area contributed by atoms with Crippen molar-refractivity contribution in [2.75, 3.05) is 0 Å². The van der Waals surface area contributed by atoms with Gasteiger partial charge in [-0.05, 0) is 12.5 Å². The molecule has 1 aromatic rings. The van der Waals surface area contributed by atoms with Crippen LogP contribution < -0.4 is 5.43 Å². The van der Waals surface area contributed by atoms with Gasteiger partial charge in [0.1, 0.15) is 0 Å². The van der Waals surface area contributed by atoms with Crippen LogP contribution in [0, 0.1) is 10.1 Å². The summed E-state index contributed by atoms with van der Waals surface area (Å²) >= 11 is 0. The quantitative estimate of drug-likeness (QED) is 0.482. The highest BCUT2D eigenvalue weighted by Gasteiger charge is 2.10. The van der Waals surface area contributed by atoms with Crippen LogP contribution in [0.25, 0.3) is 0 Å². The second-order valence-corrected chi connectivity index (χ2v) is 3.35. The summed E-state index contributed by atoms with van der Waals surface area (Å²) in [6.45, 7) is 1.99. The van der Waals surface area contributed by atoms with Crippen molar-refractivity contribution < 1.29 is 9.72 Å². The molecule has 0 aliphatic heterocycles.